The summed E-state index contributed by atoms with van der Waals surface area (Å²) in [5, 5.41) is 9.48. The molecule has 2 N–H and O–H groups in total. The summed E-state index contributed by atoms with van der Waals surface area (Å²) < 4.78 is 0. The zero-order valence-electron chi connectivity index (χ0n) is 8.34. The van der Waals surface area contributed by atoms with Gasteiger partial charge in [0.15, 0.2) is 0 Å². The van der Waals surface area contributed by atoms with Gasteiger partial charge >= 0.3 is 0 Å². The summed E-state index contributed by atoms with van der Waals surface area (Å²) in [4.78, 5) is 11.7. The number of hydrogen-bond donors (Lipinski definition) is 2. The number of rotatable bonds is 3. The van der Waals surface area contributed by atoms with Crippen molar-refractivity contribution < 1.29 is 4.79 Å². The van der Waals surface area contributed by atoms with Crippen molar-refractivity contribution in [1.29, 1.82) is 0 Å². The second kappa shape index (κ2) is 3.44. The molecule has 1 aliphatic rings. The number of nitrogens with zero attached hydrogens (tertiary/aromatic N) is 1. The lowest BCUT2D eigenvalue weighted by Gasteiger charge is -2.41. The summed E-state index contributed by atoms with van der Waals surface area (Å²) in [6.45, 7) is 2.12. The zero-order chi connectivity index (χ0) is 10.0. The van der Waals surface area contributed by atoms with Crippen LogP contribution in [0.2, 0.25) is 0 Å². The highest BCUT2D eigenvalue weighted by molar-refractivity contribution is 5.94. The van der Waals surface area contributed by atoms with E-state index in [2.05, 4.69) is 22.4 Å². The third kappa shape index (κ3) is 1.52. The summed E-state index contributed by atoms with van der Waals surface area (Å²) >= 11 is 0. The SMILES string of the molecule is CCC1(NC(=O)c2cn[nH]c2)CCC1. The highest BCUT2D eigenvalue weighted by atomic mass is 16.1. The Hall–Kier alpha value is -1.32. The highest BCUT2D eigenvalue weighted by Crippen LogP contribution is 2.34. The van der Waals surface area contributed by atoms with Gasteiger partial charge < -0.3 is 5.32 Å². The molecule has 76 valence electrons. The summed E-state index contributed by atoms with van der Waals surface area (Å²) in [6.07, 6.45) is 7.62. The fourth-order valence-electron chi connectivity index (χ4n) is 1.86. The van der Waals surface area contributed by atoms with E-state index < -0.39 is 0 Å². The summed E-state index contributed by atoms with van der Waals surface area (Å²) in [5.41, 5.74) is 0.679. The lowest BCUT2D eigenvalue weighted by molar-refractivity contribution is 0.0820. The van der Waals surface area contributed by atoms with E-state index in [1.54, 1.807) is 12.4 Å². The van der Waals surface area contributed by atoms with Gasteiger partial charge in [0, 0.05) is 11.7 Å². The van der Waals surface area contributed by atoms with E-state index in [9.17, 15) is 4.79 Å². The van der Waals surface area contributed by atoms with Crippen LogP contribution in [-0.2, 0) is 0 Å². The van der Waals surface area contributed by atoms with E-state index in [1.165, 1.54) is 6.42 Å². The van der Waals surface area contributed by atoms with Gasteiger partial charge in [0.05, 0.1) is 11.8 Å². The van der Waals surface area contributed by atoms with Crippen LogP contribution in [0.5, 0.6) is 0 Å². The minimum absolute atomic E-state index is 0.0136. The highest BCUT2D eigenvalue weighted by Gasteiger charge is 2.36. The number of aromatic nitrogens is 2. The fraction of sp³-hybridized carbons (Fsp3) is 0.600. The lowest BCUT2D eigenvalue weighted by atomic mass is 9.75. The van der Waals surface area contributed by atoms with Crippen molar-refractivity contribution >= 4 is 5.91 Å². The Morgan fingerprint density at radius 1 is 1.71 bits per heavy atom. The first-order valence-corrected chi connectivity index (χ1v) is 5.07. The number of carbonyl (C=O) groups is 1. The molecule has 1 heterocycles. The largest absolute Gasteiger partial charge is 0.347 e. The Bertz CT molecular complexity index is 309. The molecule has 0 radical (unpaired) electrons. The van der Waals surface area contributed by atoms with E-state index in [4.69, 9.17) is 0 Å². The van der Waals surface area contributed by atoms with Crippen LogP contribution in [0.15, 0.2) is 12.4 Å². The first kappa shape index (κ1) is 9.24. The summed E-state index contributed by atoms with van der Waals surface area (Å²) in [7, 11) is 0. The Morgan fingerprint density at radius 2 is 2.50 bits per heavy atom. The van der Waals surface area contributed by atoms with Crippen molar-refractivity contribution in [3.05, 3.63) is 18.0 Å². The second-order valence-electron chi connectivity index (χ2n) is 3.93. The number of nitrogens with one attached hydrogen (secondary N) is 2. The van der Waals surface area contributed by atoms with Gasteiger partial charge in [0.1, 0.15) is 0 Å². The van der Waals surface area contributed by atoms with Gasteiger partial charge in [-0.15, -0.1) is 0 Å². The Labute approximate surface area is 83.1 Å². The minimum atomic E-state index is -0.0136. The molecule has 0 bridgehead atoms. The third-order valence-corrected chi connectivity index (χ3v) is 3.13. The predicted molar refractivity (Wildman–Crippen MR) is 52.9 cm³/mol. The van der Waals surface area contributed by atoms with Crippen LogP contribution in [0.1, 0.15) is 43.0 Å². The van der Waals surface area contributed by atoms with Crippen molar-refractivity contribution in [1.82, 2.24) is 15.5 Å². The number of amides is 1. The van der Waals surface area contributed by atoms with Crippen LogP contribution in [0.4, 0.5) is 0 Å². The number of aromatic amines is 1. The molecule has 4 heteroatoms. The molecule has 1 aromatic heterocycles. The molecule has 4 nitrogen and oxygen atoms in total. The molecule has 0 unspecified atom stereocenters. The molecule has 0 atom stereocenters. The molecule has 1 aliphatic carbocycles. The Morgan fingerprint density at radius 3 is 2.93 bits per heavy atom. The molecule has 0 saturated heterocycles. The number of H-pyrrole nitrogens is 1. The van der Waals surface area contributed by atoms with Crippen molar-refractivity contribution in [3.63, 3.8) is 0 Å². The third-order valence-electron chi connectivity index (χ3n) is 3.13. The van der Waals surface area contributed by atoms with Crippen LogP contribution in [-0.4, -0.2) is 21.6 Å². The van der Waals surface area contributed by atoms with Crippen molar-refractivity contribution in [3.8, 4) is 0 Å². The van der Waals surface area contributed by atoms with Crippen LogP contribution >= 0.6 is 0 Å². The van der Waals surface area contributed by atoms with Crippen LogP contribution in [0, 0.1) is 0 Å². The molecule has 1 saturated carbocycles. The van der Waals surface area contributed by atoms with Gasteiger partial charge in [0.25, 0.3) is 5.91 Å². The lowest BCUT2D eigenvalue weighted by Crippen LogP contribution is -2.52. The quantitative estimate of drug-likeness (QED) is 0.763. The topological polar surface area (TPSA) is 57.8 Å². The maximum Gasteiger partial charge on any atom is 0.254 e. The molecule has 1 fully saturated rings. The van der Waals surface area contributed by atoms with Gasteiger partial charge in [0.2, 0.25) is 0 Å². The molecule has 14 heavy (non-hydrogen) atoms. The van der Waals surface area contributed by atoms with E-state index in [0.717, 1.165) is 19.3 Å². The second-order valence-corrected chi connectivity index (χ2v) is 3.93. The van der Waals surface area contributed by atoms with Crippen molar-refractivity contribution in [2.75, 3.05) is 0 Å². The van der Waals surface area contributed by atoms with E-state index in [0.29, 0.717) is 5.56 Å². The smallest absolute Gasteiger partial charge is 0.254 e. The van der Waals surface area contributed by atoms with Crippen LogP contribution in [0.3, 0.4) is 0 Å². The normalized spacial score (nSPS) is 18.6. The summed E-state index contributed by atoms with van der Waals surface area (Å²) in [5.74, 6) is -0.0136. The van der Waals surface area contributed by atoms with Crippen LogP contribution in [0.25, 0.3) is 0 Å². The van der Waals surface area contributed by atoms with E-state index in [1.807, 2.05) is 0 Å². The zero-order valence-corrected chi connectivity index (χ0v) is 8.34. The van der Waals surface area contributed by atoms with Gasteiger partial charge in [-0.2, -0.15) is 5.10 Å². The van der Waals surface area contributed by atoms with Gasteiger partial charge in [-0.05, 0) is 25.7 Å². The molecule has 1 amide bonds. The van der Waals surface area contributed by atoms with Gasteiger partial charge in [-0.3, -0.25) is 9.89 Å². The number of carbonyl (C=O) groups excluding carboxylic acids is 1. The molecule has 0 aliphatic heterocycles. The van der Waals surface area contributed by atoms with Crippen LogP contribution < -0.4 is 5.32 Å². The maximum atomic E-state index is 11.7. The Kier molecular flexibility index (Phi) is 2.27. The van der Waals surface area contributed by atoms with Crippen molar-refractivity contribution in [2.24, 2.45) is 0 Å². The van der Waals surface area contributed by atoms with Gasteiger partial charge in [-0.25, -0.2) is 0 Å². The first-order valence-electron chi connectivity index (χ1n) is 5.07. The minimum Gasteiger partial charge on any atom is -0.347 e. The van der Waals surface area contributed by atoms with Gasteiger partial charge in [-0.1, -0.05) is 6.92 Å². The van der Waals surface area contributed by atoms with E-state index in [-0.39, 0.29) is 11.4 Å². The monoisotopic (exact) mass is 193 g/mol. The molecule has 0 aromatic carbocycles. The molecule has 1 aromatic rings. The summed E-state index contributed by atoms with van der Waals surface area (Å²) in [6, 6.07) is 0. The fourth-order valence-corrected chi connectivity index (χ4v) is 1.86. The average Bonchev–Trinajstić information content (AvgIpc) is 2.63. The molecule has 2 rings (SSSR count). The molecular formula is C10H15N3O. The Balaban J connectivity index is 2.01. The first-order chi connectivity index (χ1) is 6.76. The van der Waals surface area contributed by atoms with Crippen molar-refractivity contribution in [2.45, 2.75) is 38.1 Å². The standard InChI is InChI=1S/C10H15N3O/c1-2-10(4-3-5-10)13-9(14)8-6-11-12-7-8/h6-7H,2-5H2,1H3,(H,11,12)(H,13,14). The molecule has 0 spiro atoms. The van der Waals surface area contributed by atoms with E-state index >= 15 is 0 Å². The molecular weight excluding hydrogens is 178 g/mol. The average molecular weight is 193 g/mol. The number of hydrogen-bond acceptors (Lipinski definition) is 2. The maximum absolute atomic E-state index is 11.7. The predicted octanol–water partition coefficient (Wildman–Crippen LogP) is 1.47.